The van der Waals surface area contributed by atoms with Gasteiger partial charge in [0.05, 0.1) is 0 Å². The Hall–Kier alpha value is -1.36. The summed E-state index contributed by atoms with van der Waals surface area (Å²) in [6.07, 6.45) is 2.31. The Bertz CT molecular complexity index is 441. The van der Waals surface area contributed by atoms with E-state index in [9.17, 15) is 8.78 Å². The number of hydrogen-bond donors (Lipinski definition) is 1. The molecule has 0 aromatic heterocycles. The molecule has 98 valence electrons. The number of nitrogens with two attached hydrogens (primary N) is 1. The maximum absolute atomic E-state index is 13.9. The van der Waals surface area contributed by atoms with E-state index >= 15 is 0 Å². The highest BCUT2D eigenvalue weighted by molar-refractivity contribution is 5.56. The molecule has 2 fully saturated rings. The largest absolute Gasteiger partial charge is 0.399 e. The van der Waals surface area contributed by atoms with Crippen molar-refractivity contribution in [3.63, 3.8) is 0 Å². The highest BCUT2D eigenvalue weighted by Gasteiger charge is 2.32. The molecule has 2 aliphatic rings. The SMILES string of the molecule is Nc1cc(F)c(N2CCN3CCC[C@H]3C2)c(F)c1. The second-order valence-electron chi connectivity index (χ2n) is 5.11. The van der Waals surface area contributed by atoms with Gasteiger partial charge < -0.3 is 10.6 Å². The summed E-state index contributed by atoms with van der Waals surface area (Å²) in [5, 5.41) is 0. The molecule has 2 saturated heterocycles. The van der Waals surface area contributed by atoms with E-state index in [1.54, 1.807) is 0 Å². The molecule has 18 heavy (non-hydrogen) atoms. The quantitative estimate of drug-likeness (QED) is 0.775. The van der Waals surface area contributed by atoms with E-state index in [0.717, 1.165) is 19.5 Å². The molecule has 3 nitrogen and oxygen atoms in total. The first kappa shape index (κ1) is 11.7. The third-order valence-electron chi connectivity index (χ3n) is 3.94. The normalized spacial score (nSPS) is 24.3. The van der Waals surface area contributed by atoms with Crippen LogP contribution in [-0.2, 0) is 0 Å². The van der Waals surface area contributed by atoms with Gasteiger partial charge in [0.2, 0.25) is 0 Å². The predicted octanol–water partition coefficient (Wildman–Crippen LogP) is 1.83. The highest BCUT2D eigenvalue weighted by atomic mass is 19.1. The van der Waals surface area contributed by atoms with Crippen LogP contribution in [0, 0.1) is 11.6 Å². The fourth-order valence-corrected chi connectivity index (χ4v) is 3.08. The Morgan fingerprint density at radius 2 is 1.83 bits per heavy atom. The Labute approximate surface area is 105 Å². The van der Waals surface area contributed by atoms with Crippen LogP contribution >= 0.6 is 0 Å². The van der Waals surface area contributed by atoms with Crippen molar-refractivity contribution in [3.8, 4) is 0 Å². The van der Waals surface area contributed by atoms with Gasteiger partial charge in [-0.3, -0.25) is 4.90 Å². The molecular weight excluding hydrogens is 236 g/mol. The van der Waals surface area contributed by atoms with E-state index in [0.29, 0.717) is 19.1 Å². The highest BCUT2D eigenvalue weighted by Crippen LogP contribution is 2.30. The summed E-state index contributed by atoms with van der Waals surface area (Å²) in [6, 6.07) is 2.83. The van der Waals surface area contributed by atoms with Gasteiger partial charge in [0, 0.05) is 31.4 Å². The van der Waals surface area contributed by atoms with Crippen LogP contribution in [-0.4, -0.2) is 37.1 Å². The van der Waals surface area contributed by atoms with Crippen molar-refractivity contribution in [2.45, 2.75) is 18.9 Å². The molecule has 2 aliphatic heterocycles. The Morgan fingerprint density at radius 3 is 2.56 bits per heavy atom. The summed E-state index contributed by atoms with van der Waals surface area (Å²) in [5.74, 6) is -1.11. The molecule has 2 heterocycles. The van der Waals surface area contributed by atoms with Crippen molar-refractivity contribution in [1.82, 2.24) is 4.90 Å². The molecule has 1 atom stereocenters. The van der Waals surface area contributed by atoms with E-state index in [1.165, 1.54) is 18.6 Å². The summed E-state index contributed by atoms with van der Waals surface area (Å²) in [5.41, 5.74) is 5.65. The second kappa shape index (κ2) is 4.39. The smallest absolute Gasteiger partial charge is 0.151 e. The van der Waals surface area contributed by atoms with Crippen molar-refractivity contribution >= 4 is 11.4 Å². The number of hydrogen-bond acceptors (Lipinski definition) is 3. The minimum absolute atomic E-state index is 0.0794. The topological polar surface area (TPSA) is 32.5 Å². The van der Waals surface area contributed by atoms with Crippen LogP contribution in [0.4, 0.5) is 20.2 Å². The van der Waals surface area contributed by atoms with Crippen molar-refractivity contribution in [1.29, 1.82) is 0 Å². The molecule has 0 aliphatic carbocycles. The summed E-state index contributed by atoms with van der Waals surface area (Å²) < 4.78 is 27.7. The average Bonchev–Trinajstić information content (AvgIpc) is 2.74. The number of anilines is 2. The summed E-state index contributed by atoms with van der Waals surface area (Å²) >= 11 is 0. The third-order valence-corrected chi connectivity index (χ3v) is 3.94. The van der Waals surface area contributed by atoms with E-state index in [-0.39, 0.29) is 11.4 Å². The van der Waals surface area contributed by atoms with Crippen LogP contribution in [0.3, 0.4) is 0 Å². The zero-order valence-electron chi connectivity index (χ0n) is 10.2. The third kappa shape index (κ3) is 1.92. The number of fused-ring (bicyclic) bond motifs is 1. The minimum Gasteiger partial charge on any atom is -0.399 e. The predicted molar refractivity (Wildman–Crippen MR) is 67.6 cm³/mol. The number of piperazine rings is 1. The molecule has 0 saturated carbocycles. The van der Waals surface area contributed by atoms with Crippen LogP contribution < -0.4 is 10.6 Å². The number of nitrogens with zero attached hydrogens (tertiary/aromatic N) is 2. The number of halogens is 2. The van der Waals surface area contributed by atoms with Crippen molar-refractivity contribution in [3.05, 3.63) is 23.8 Å². The molecule has 0 radical (unpaired) electrons. The molecule has 0 amide bonds. The zero-order chi connectivity index (χ0) is 12.7. The molecule has 5 heteroatoms. The van der Waals surface area contributed by atoms with Crippen molar-refractivity contribution in [2.24, 2.45) is 0 Å². The van der Waals surface area contributed by atoms with E-state index in [1.807, 2.05) is 4.90 Å². The Balaban J connectivity index is 1.87. The molecule has 1 aromatic rings. The van der Waals surface area contributed by atoms with Gasteiger partial charge in [-0.05, 0) is 31.5 Å². The zero-order valence-corrected chi connectivity index (χ0v) is 10.2. The monoisotopic (exact) mass is 253 g/mol. The lowest BCUT2D eigenvalue weighted by Gasteiger charge is -2.39. The van der Waals surface area contributed by atoms with Gasteiger partial charge in [-0.25, -0.2) is 8.78 Å². The lowest BCUT2D eigenvalue weighted by molar-refractivity contribution is 0.229. The lowest BCUT2D eigenvalue weighted by Crippen LogP contribution is -2.50. The van der Waals surface area contributed by atoms with Gasteiger partial charge in [0.15, 0.2) is 11.6 Å². The van der Waals surface area contributed by atoms with Crippen LogP contribution in [0.5, 0.6) is 0 Å². The summed E-state index contributed by atoms with van der Waals surface area (Å²) in [6.45, 7) is 3.38. The number of benzene rings is 1. The second-order valence-corrected chi connectivity index (χ2v) is 5.11. The fraction of sp³-hybridized carbons (Fsp3) is 0.538. The average molecular weight is 253 g/mol. The molecule has 3 rings (SSSR count). The van der Waals surface area contributed by atoms with Crippen LogP contribution in [0.2, 0.25) is 0 Å². The van der Waals surface area contributed by atoms with Gasteiger partial charge in [0.25, 0.3) is 0 Å². The van der Waals surface area contributed by atoms with Crippen molar-refractivity contribution < 1.29 is 8.78 Å². The van der Waals surface area contributed by atoms with Gasteiger partial charge in [-0.2, -0.15) is 0 Å². The first-order chi connectivity index (χ1) is 8.65. The molecular formula is C13H17F2N3. The van der Waals surface area contributed by atoms with Gasteiger partial charge >= 0.3 is 0 Å². The lowest BCUT2D eigenvalue weighted by atomic mass is 10.1. The first-order valence-corrected chi connectivity index (χ1v) is 6.38. The summed E-state index contributed by atoms with van der Waals surface area (Å²) in [7, 11) is 0. The number of rotatable bonds is 1. The van der Waals surface area contributed by atoms with E-state index < -0.39 is 11.6 Å². The fourth-order valence-electron chi connectivity index (χ4n) is 3.08. The molecule has 0 spiro atoms. The van der Waals surface area contributed by atoms with Crippen LogP contribution in [0.1, 0.15) is 12.8 Å². The maximum atomic E-state index is 13.9. The van der Waals surface area contributed by atoms with Gasteiger partial charge in [-0.1, -0.05) is 0 Å². The van der Waals surface area contributed by atoms with Crippen LogP contribution in [0.25, 0.3) is 0 Å². The minimum atomic E-state index is -0.557. The summed E-state index contributed by atoms with van der Waals surface area (Å²) in [4.78, 5) is 4.22. The molecule has 0 bridgehead atoms. The Morgan fingerprint density at radius 1 is 1.11 bits per heavy atom. The Kier molecular flexibility index (Phi) is 2.86. The standard InChI is InChI=1S/C13H17F2N3/c14-11-6-9(16)7-12(15)13(11)18-5-4-17-3-1-2-10(17)8-18/h6-7,10H,1-5,8,16H2/t10-/m0/s1. The molecule has 2 N–H and O–H groups in total. The maximum Gasteiger partial charge on any atom is 0.151 e. The van der Waals surface area contributed by atoms with Crippen molar-refractivity contribution in [2.75, 3.05) is 36.8 Å². The van der Waals surface area contributed by atoms with Gasteiger partial charge in [-0.15, -0.1) is 0 Å². The van der Waals surface area contributed by atoms with Gasteiger partial charge in [0.1, 0.15) is 5.69 Å². The van der Waals surface area contributed by atoms with E-state index in [2.05, 4.69) is 4.90 Å². The molecule has 0 unspecified atom stereocenters. The van der Waals surface area contributed by atoms with Crippen LogP contribution in [0.15, 0.2) is 12.1 Å². The van der Waals surface area contributed by atoms with E-state index in [4.69, 9.17) is 5.73 Å². The number of nitrogen functional groups attached to an aromatic ring is 1. The molecule has 1 aromatic carbocycles. The first-order valence-electron chi connectivity index (χ1n) is 6.38.